The van der Waals surface area contributed by atoms with Crippen LogP contribution >= 0.6 is 15.9 Å². The molecule has 0 N–H and O–H groups in total. The van der Waals surface area contributed by atoms with Crippen LogP contribution in [0.15, 0.2) is 45.7 Å². The highest BCUT2D eigenvalue weighted by Gasteiger charge is 2.22. The van der Waals surface area contributed by atoms with E-state index in [1.54, 1.807) is 4.90 Å². The fraction of sp³-hybridized carbons (Fsp3) is 0.261. The maximum absolute atomic E-state index is 15.0. The molecule has 3 aromatic rings. The average Bonchev–Trinajstić information content (AvgIpc) is 2.78. The summed E-state index contributed by atoms with van der Waals surface area (Å²) in [6.45, 7) is 3.14. The lowest BCUT2D eigenvalue weighted by molar-refractivity contribution is 0.122. The number of rotatable bonds is 5. The van der Waals surface area contributed by atoms with Gasteiger partial charge in [-0.25, -0.2) is 17.6 Å². The fourth-order valence-corrected chi connectivity index (χ4v) is 4.03. The zero-order valence-electron chi connectivity index (χ0n) is 17.5. The van der Waals surface area contributed by atoms with Crippen molar-refractivity contribution < 1.29 is 27.0 Å². The first-order chi connectivity index (χ1) is 15.8. The molecule has 0 spiro atoms. The second kappa shape index (κ2) is 9.56. The molecule has 174 valence electrons. The van der Waals surface area contributed by atoms with E-state index in [2.05, 4.69) is 15.9 Å². The van der Waals surface area contributed by atoms with Crippen LogP contribution < -0.4 is 15.2 Å². The maximum Gasteiger partial charge on any atom is 0.273 e. The first-order valence-electron chi connectivity index (χ1n) is 10.1. The van der Waals surface area contributed by atoms with Gasteiger partial charge >= 0.3 is 0 Å². The van der Waals surface area contributed by atoms with Crippen molar-refractivity contribution in [3.8, 4) is 11.4 Å². The van der Waals surface area contributed by atoms with E-state index in [0.717, 1.165) is 16.7 Å². The number of ether oxygens (including phenoxy) is 2. The minimum atomic E-state index is -0.893. The Morgan fingerprint density at radius 3 is 2.30 bits per heavy atom. The van der Waals surface area contributed by atoms with E-state index in [0.29, 0.717) is 32.0 Å². The highest BCUT2D eigenvalue weighted by molar-refractivity contribution is 9.10. The SMILES string of the molecule is Cc1cc(OCc2ccc(F)cc2F)c(Br)c(=O)n1-c1c(F)cc(N2CCOCC2)cc1F. The molecule has 1 saturated heterocycles. The van der Waals surface area contributed by atoms with Gasteiger partial charge < -0.3 is 14.4 Å². The molecule has 33 heavy (non-hydrogen) atoms. The minimum Gasteiger partial charge on any atom is -0.487 e. The average molecular weight is 527 g/mol. The molecule has 1 aliphatic rings. The molecule has 1 fully saturated rings. The molecular weight excluding hydrogens is 508 g/mol. The largest absolute Gasteiger partial charge is 0.487 e. The van der Waals surface area contributed by atoms with Crippen LogP contribution in [-0.2, 0) is 11.3 Å². The number of aryl methyl sites for hydroxylation is 1. The summed E-state index contributed by atoms with van der Waals surface area (Å²) in [4.78, 5) is 14.8. The van der Waals surface area contributed by atoms with Gasteiger partial charge in [0.15, 0.2) is 11.6 Å². The summed E-state index contributed by atoms with van der Waals surface area (Å²) in [5.74, 6) is -3.24. The Kier molecular flexibility index (Phi) is 6.76. The van der Waals surface area contributed by atoms with E-state index in [1.807, 2.05) is 0 Å². The molecule has 10 heteroatoms. The van der Waals surface area contributed by atoms with Crippen molar-refractivity contribution in [1.29, 1.82) is 0 Å². The lowest BCUT2D eigenvalue weighted by Crippen LogP contribution is -2.36. The summed E-state index contributed by atoms with van der Waals surface area (Å²) in [6, 6.07) is 6.82. The molecule has 2 heterocycles. The van der Waals surface area contributed by atoms with Crippen LogP contribution in [-0.4, -0.2) is 30.9 Å². The summed E-state index contributed by atoms with van der Waals surface area (Å²) in [7, 11) is 0. The van der Waals surface area contributed by atoms with E-state index in [-0.39, 0.29) is 28.1 Å². The van der Waals surface area contributed by atoms with Crippen molar-refractivity contribution in [1.82, 2.24) is 4.57 Å². The highest BCUT2D eigenvalue weighted by atomic mass is 79.9. The summed E-state index contributed by atoms with van der Waals surface area (Å²) in [5.41, 5.74) is -0.605. The number of morpholine rings is 1. The second-order valence-corrected chi connectivity index (χ2v) is 8.28. The maximum atomic E-state index is 15.0. The number of aromatic nitrogens is 1. The molecule has 0 radical (unpaired) electrons. The lowest BCUT2D eigenvalue weighted by atomic mass is 10.2. The van der Waals surface area contributed by atoms with Gasteiger partial charge in [0.2, 0.25) is 0 Å². The lowest BCUT2D eigenvalue weighted by Gasteiger charge is -2.29. The zero-order chi connectivity index (χ0) is 23.7. The van der Waals surface area contributed by atoms with Crippen LogP contribution in [0.25, 0.3) is 5.69 Å². The number of hydrogen-bond acceptors (Lipinski definition) is 4. The van der Waals surface area contributed by atoms with Gasteiger partial charge in [0, 0.05) is 42.2 Å². The Labute approximate surface area is 195 Å². The van der Waals surface area contributed by atoms with Gasteiger partial charge in [-0.1, -0.05) is 0 Å². The van der Waals surface area contributed by atoms with Crippen LogP contribution in [0.3, 0.4) is 0 Å². The highest BCUT2D eigenvalue weighted by Crippen LogP contribution is 2.29. The standard InChI is InChI=1S/C23H19BrF4N2O3/c1-13-8-20(33-12-14-2-3-15(25)9-17(14)26)21(24)23(31)30(13)22-18(27)10-16(11-19(22)28)29-4-6-32-7-5-29/h2-3,8-11H,4-7,12H2,1H3. The molecule has 0 bridgehead atoms. The van der Waals surface area contributed by atoms with Gasteiger partial charge in [0.1, 0.15) is 34.2 Å². The molecule has 5 nitrogen and oxygen atoms in total. The molecule has 0 aliphatic carbocycles. The van der Waals surface area contributed by atoms with Gasteiger partial charge in [-0.15, -0.1) is 0 Å². The predicted molar refractivity (Wildman–Crippen MR) is 118 cm³/mol. The number of pyridine rings is 1. The molecular formula is C23H19BrF4N2O3. The third-order valence-electron chi connectivity index (χ3n) is 5.30. The third kappa shape index (κ3) is 4.77. The van der Waals surface area contributed by atoms with Gasteiger partial charge in [-0.3, -0.25) is 9.36 Å². The Hall–Kier alpha value is -2.85. The minimum absolute atomic E-state index is 0.0585. The third-order valence-corrected chi connectivity index (χ3v) is 6.03. The van der Waals surface area contributed by atoms with Gasteiger partial charge in [0.25, 0.3) is 5.56 Å². The van der Waals surface area contributed by atoms with Crippen molar-refractivity contribution in [2.45, 2.75) is 13.5 Å². The van der Waals surface area contributed by atoms with Gasteiger partial charge in [-0.05, 0) is 47.1 Å². The molecule has 0 saturated carbocycles. The number of halogens is 5. The Morgan fingerprint density at radius 1 is 1.00 bits per heavy atom. The summed E-state index contributed by atoms with van der Waals surface area (Å²) in [5, 5.41) is 0. The number of benzene rings is 2. The molecule has 1 aliphatic heterocycles. The Balaban J connectivity index is 1.66. The van der Waals surface area contributed by atoms with E-state index >= 15 is 8.78 Å². The second-order valence-electron chi connectivity index (χ2n) is 7.49. The van der Waals surface area contributed by atoms with Crippen LogP contribution in [0.2, 0.25) is 0 Å². The first-order valence-corrected chi connectivity index (χ1v) is 10.9. The molecule has 0 amide bonds. The molecule has 0 unspecified atom stereocenters. The number of nitrogens with zero attached hydrogens (tertiary/aromatic N) is 2. The quantitative estimate of drug-likeness (QED) is 0.444. The molecule has 4 rings (SSSR count). The monoisotopic (exact) mass is 526 g/mol. The Bertz CT molecular complexity index is 1240. The summed E-state index contributed by atoms with van der Waals surface area (Å²) in [6.07, 6.45) is 0. The Morgan fingerprint density at radius 2 is 1.67 bits per heavy atom. The van der Waals surface area contributed by atoms with E-state index < -0.39 is 34.5 Å². The topological polar surface area (TPSA) is 43.7 Å². The van der Waals surface area contributed by atoms with Gasteiger partial charge in [-0.2, -0.15) is 0 Å². The van der Waals surface area contributed by atoms with Crippen molar-refractivity contribution in [2.75, 3.05) is 31.2 Å². The van der Waals surface area contributed by atoms with Crippen LogP contribution in [0, 0.1) is 30.2 Å². The van der Waals surface area contributed by atoms with E-state index in [9.17, 15) is 13.6 Å². The normalized spacial score (nSPS) is 13.9. The van der Waals surface area contributed by atoms with Crippen molar-refractivity contribution >= 4 is 21.6 Å². The molecule has 2 aromatic carbocycles. The van der Waals surface area contributed by atoms with Gasteiger partial charge in [0.05, 0.1) is 13.2 Å². The van der Waals surface area contributed by atoms with Crippen molar-refractivity contribution in [3.05, 3.63) is 85.8 Å². The van der Waals surface area contributed by atoms with Crippen LogP contribution in [0.5, 0.6) is 5.75 Å². The van der Waals surface area contributed by atoms with Crippen LogP contribution in [0.1, 0.15) is 11.3 Å². The summed E-state index contributed by atoms with van der Waals surface area (Å²) >= 11 is 3.11. The van der Waals surface area contributed by atoms with E-state index in [1.165, 1.54) is 31.2 Å². The zero-order valence-corrected chi connectivity index (χ0v) is 19.1. The van der Waals surface area contributed by atoms with Crippen molar-refractivity contribution in [3.63, 3.8) is 0 Å². The van der Waals surface area contributed by atoms with Crippen molar-refractivity contribution in [2.24, 2.45) is 0 Å². The molecule has 0 atom stereocenters. The molecule has 1 aromatic heterocycles. The summed E-state index contributed by atoms with van der Waals surface area (Å²) < 4.78 is 68.6. The first kappa shape index (κ1) is 23.3. The number of anilines is 1. The number of hydrogen-bond donors (Lipinski definition) is 0. The smallest absolute Gasteiger partial charge is 0.273 e. The fourth-order valence-electron chi connectivity index (χ4n) is 3.63. The van der Waals surface area contributed by atoms with Crippen LogP contribution in [0.4, 0.5) is 23.2 Å². The predicted octanol–water partition coefficient (Wildman–Crippen LogP) is 4.88. The van der Waals surface area contributed by atoms with E-state index in [4.69, 9.17) is 9.47 Å².